The molecule has 0 bridgehead atoms. The summed E-state index contributed by atoms with van der Waals surface area (Å²) in [6.45, 7) is 0.634. The normalized spacial score (nSPS) is 14.1. The van der Waals surface area contributed by atoms with Crippen LogP contribution in [-0.2, 0) is 0 Å². The second-order valence-electron chi connectivity index (χ2n) is 3.78. The molecule has 0 aliphatic heterocycles. The van der Waals surface area contributed by atoms with Crippen LogP contribution in [0.3, 0.4) is 0 Å². The molecule has 0 unspecified atom stereocenters. The number of rotatable bonds is 3. The maximum atomic E-state index is 11.7. The van der Waals surface area contributed by atoms with Crippen molar-refractivity contribution in [2.75, 3.05) is 13.2 Å². The van der Waals surface area contributed by atoms with Crippen LogP contribution in [0.15, 0.2) is 12.1 Å². The number of hydrogen-bond acceptors (Lipinski definition) is 3. The van der Waals surface area contributed by atoms with Crippen molar-refractivity contribution in [3.63, 3.8) is 0 Å². The number of thiophene rings is 1. The quantitative estimate of drug-likeness (QED) is 0.774. The number of amides is 1. The van der Waals surface area contributed by atoms with Gasteiger partial charge < -0.3 is 10.4 Å². The summed E-state index contributed by atoms with van der Waals surface area (Å²) in [5, 5.41) is 11.5. The minimum absolute atomic E-state index is 0.0195. The standard InChI is InChI=1S/C12H13NO2S/c14-7-1-2-10-5-6-11(16-10)12(15)13-8-9-3-4-9/h5-6,9,14H,3-4,7-8H2,(H,13,15). The molecule has 2 rings (SSSR count). The summed E-state index contributed by atoms with van der Waals surface area (Å²) in [7, 11) is 0. The van der Waals surface area contributed by atoms with Crippen LogP contribution >= 0.6 is 11.3 Å². The van der Waals surface area contributed by atoms with E-state index in [2.05, 4.69) is 17.2 Å². The van der Waals surface area contributed by atoms with E-state index in [1.807, 2.05) is 0 Å². The Morgan fingerprint density at radius 1 is 1.56 bits per heavy atom. The Hall–Kier alpha value is -1.31. The average molecular weight is 235 g/mol. The van der Waals surface area contributed by atoms with E-state index < -0.39 is 0 Å². The zero-order chi connectivity index (χ0) is 11.4. The predicted octanol–water partition coefficient (Wildman–Crippen LogP) is 1.23. The maximum absolute atomic E-state index is 11.7. The molecule has 0 spiro atoms. The van der Waals surface area contributed by atoms with E-state index in [1.165, 1.54) is 24.2 Å². The van der Waals surface area contributed by atoms with Crippen LogP contribution in [0, 0.1) is 17.8 Å². The van der Waals surface area contributed by atoms with Crippen molar-refractivity contribution < 1.29 is 9.90 Å². The first-order valence-corrected chi connectivity index (χ1v) is 6.09. The fraction of sp³-hybridized carbons (Fsp3) is 0.417. The molecule has 2 N–H and O–H groups in total. The number of aliphatic hydroxyl groups is 1. The molecule has 1 fully saturated rings. The highest BCUT2D eigenvalue weighted by Crippen LogP contribution is 2.27. The monoisotopic (exact) mass is 235 g/mol. The summed E-state index contributed by atoms with van der Waals surface area (Å²) in [6, 6.07) is 3.58. The SMILES string of the molecule is O=C(NCC1CC1)c1ccc(C#CCO)s1. The summed E-state index contributed by atoms with van der Waals surface area (Å²) in [6.07, 6.45) is 2.47. The van der Waals surface area contributed by atoms with Gasteiger partial charge in [-0.3, -0.25) is 4.79 Å². The van der Waals surface area contributed by atoms with Crippen molar-refractivity contribution in [2.45, 2.75) is 12.8 Å². The number of aliphatic hydroxyl groups excluding tert-OH is 1. The average Bonchev–Trinajstić information content (AvgIpc) is 3.00. The lowest BCUT2D eigenvalue weighted by Gasteiger charge is -2.00. The van der Waals surface area contributed by atoms with Gasteiger partial charge in [0.05, 0.1) is 9.75 Å². The third-order valence-electron chi connectivity index (χ3n) is 2.37. The Kier molecular flexibility index (Phi) is 3.60. The first-order chi connectivity index (χ1) is 7.79. The van der Waals surface area contributed by atoms with Crippen molar-refractivity contribution in [1.82, 2.24) is 5.32 Å². The lowest BCUT2D eigenvalue weighted by atomic mass is 10.3. The molecule has 16 heavy (non-hydrogen) atoms. The molecular weight excluding hydrogens is 222 g/mol. The number of nitrogens with one attached hydrogen (secondary N) is 1. The molecule has 1 aromatic heterocycles. The molecular formula is C12H13NO2S. The van der Waals surface area contributed by atoms with Crippen LogP contribution in [-0.4, -0.2) is 24.2 Å². The van der Waals surface area contributed by atoms with Gasteiger partial charge >= 0.3 is 0 Å². The van der Waals surface area contributed by atoms with Crippen molar-refractivity contribution in [1.29, 1.82) is 0 Å². The van der Waals surface area contributed by atoms with Crippen LogP contribution in [0.4, 0.5) is 0 Å². The molecule has 1 amide bonds. The van der Waals surface area contributed by atoms with Crippen LogP contribution in [0.1, 0.15) is 27.4 Å². The van der Waals surface area contributed by atoms with Crippen LogP contribution in [0.2, 0.25) is 0 Å². The predicted molar refractivity (Wildman–Crippen MR) is 63.3 cm³/mol. The Bertz CT molecular complexity index is 437. The molecule has 1 aliphatic carbocycles. The Labute approximate surface area is 98.5 Å². The van der Waals surface area contributed by atoms with E-state index in [1.54, 1.807) is 12.1 Å². The van der Waals surface area contributed by atoms with E-state index in [0.717, 1.165) is 11.4 Å². The van der Waals surface area contributed by atoms with Crippen LogP contribution in [0.25, 0.3) is 0 Å². The van der Waals surface area contributed by atoms with Gasteiger partial charge in [-0.1, -0.05) is 11.8 Å². The van der Waals surface area contributed by atoms with E-state index in [0.29, 0.717) is 10.8 Å². The highest BCUT2D eigenvalue weighted by molar-refractivity contribution is 7.14. The molecule has 1 heterocycles. The van der Waals surface area contributed by atoms with Gasteiger partial charge in [0, 0.05) is 6.54 Å². The first-order valence-electron chi connectivity index (χ1n) is 5.27. The molecule has 4 heteroatoms. The minimum atomic E-state index is -0.152. The zero-order valence-corrected chi connectivity index (χ0v) is 9.64. The maximum Gasteiger partial charge on any atom is 0.261 e. The number of carbonyl (C=O) groups excluding carboxylic acids is 1. The summed E-state index contributed by atoms with van der Waals surface area (Å²) >= 11 is 1.36. The van der Waals surface area contributed by atoms with E-state index >= 15 is 0 Å². The van der Waals surface area contributed by atoms with Gasteiger partial charge in [0.25, 0.3) is 5.91 Å². The van der Waals surface area contributed by atoms with Crippen LogP contribution in [0.5, 0.6) is 0 Å². The van der Waals surface area contributed by atoms with E-state index in [4.69, 9.17) is 5.11 Å². The smallest absolute Gasteiger partial charge is 0.261 e. The second kappa shape index (κ2) is 5.15. The second-order valence-corrected chi connectivity index (χ2v) is 4.86. The fourth-order valence-electron chi connectivity index (χ4n) is 1.30. The van der Waals surface area contributed by atoms with Gasteiger partial charge in [-0.25, -0.2) is 0 Å². The van der Waals surface area contributed by atoms with Gasteiger partial charge in [0.1, 0.15) is 6.61 Å². The fourth-order valence-corrected chi connectivity index (χ4v) is 2.10. The summed E-state index contributed by atoms with van der Waals surface area (Å²) in [4.78, 5) is 13.2. The third-order valence-corrected chi connectivity index (χ3v) is 3.37. The molecule has 1 aromatic rings. The lowest BCUT2D eigenvalue weighted by Crippen LogP contribution is -2.24. The van der Waals surface area contributed by atoms with E-state index in [-0.39, 0.29) is 12.5 Å². The largest absolute Gasteiger partial charge is 0.384 e. The highest BCUT2D eigenvalue weighted by Gasteiger charge is 2.22. The molecule has 0 saturated heterocycles. The van der Waals surface area contributed by atoms with Gasteiger partial charge in [-0.2, -0.15) is 0 Å². The van der Waals surface area contributed by atoms with Gasteiger partial charge in [-0.05, 0) is 30.9 Å². The molecule has 0 radical (unpaired) electrons. The summed E-state index contributed by atoms with van der Waals surface area (Å²) < 4.78 is 0. The van der Waals surface area contributed by atoms with Crippen molar-refractivity contribution in [2.24, 2.45) is 5.92 Å². The summed E-state index contributed by atoms with van der Waals surface area (Å²) in [5.74, 6) is 6.02. The molecule has 0 aromatic carbocycles. The third kappa shape index (κ3) is 3.09. The topological polar surface area (TPSA) is 49.3 Å². The Morgan fingerprint density at radius 2 is 2.38 bits per heavy atom. The zero-order valence-electron chi connectivity index (χ0n) is 8.82. The Morgan fingerprint density at radius 3 is 3.06 bits per heavy atom. The molecule has 1 saturated carbocycles. The number of carbonyl (C=O) groups is 1. The molecule has 3 nitrogen and oxygen atoms in total. The van der Waals surface area contributed by atoms with Gasteiger partial charge in [0.2, 0.25) is 0 Å². The van der Waals surface area contributed by atoms with Crippen LogP contribution < -0.4 is 5.32 Å². The van der Waals surface area contributed by atoms with Gasteiger partial charge in [0.15, 0.2) is 0 Å². The van der Waals surface area contributed by atoms with Crippen molar-refractivity contribution in [3.05, 3.63) is 21.9 Å². The molecule has 84 valence electrons. The van der Waals surface area contributed by atoms with Crippen molar-refractivity contribution in [3.8, 4) is 11.8 Å². The van der Waals surface area contributed by atoms with Crippen molar-refractivity contribution >= 4 is 17.2 Å². The minimum Gasteiger partial charge on any atom is -0.384 e. The highest BCUT2D eigenvalue weighted by atomic mass is 32.1. The molecule has 0 atom stereocenters. The summed E-state index contributed by atoms with van der Waals surface area (Å²) in [5.41, 5.74) is 0. The Balaban J connectivity index is 1.91. The van der Waals surface area contributed by atoms with E-state index in [9.17, 15) is 4.79 Å². The molecule has 1 aliphatic rings. The first kappa shape index (κ1) is 11.2. The van der Waals surface area contributed by atoms with Gasteiger partial charge in [-0.15, -0.1) is 11.3 Å². The lowest BCUT2D eigenvalue weighted by molar-refractivity contribution is 0.0956. The number of hydrogen-bond donors (Lipinski definition) is 2.